The summed E-state index contributed by atoms with van der Waals surface area (Å²) in [5.41, 5.74) is 5.39. The Kier molecular flexibility index (Phi) is 4.66. The first-order chi connectivity index (χ1) is 14.6. The number of aromatic nitrogens is 2. The summed E-state index contributed by atoms with van der Waals surface area (Å²) < 4.78 is 1.80. The van der Waals surface area contributed by atoms with Crippen LogP contribution in [0.25, 0.3) is 28.6 Å². The number of carbonyl (C=O) groups excluding carboxylic acids is 1. The van der Waals surface area contributed by atoms with Gasteiger partial charge in [0.2, 0.25) is 0 Å². The molecule has 1 amide bonds. The van der Waals surface area contributed by atoms with Crippen LogP contribution in [0.4, 0.5) is 5.69 Å². The van der Waals surface area contributed by atoms with Crippen molar-refractivity contribution < 1.29 is 4.79 Å². The summed E-state index contributed by atoms with van der Waals surface area (Å²) in [6.07, 6.45) is 3.76. The predicted molar refractivity (Wildman–Crippen MR) is 122 cm³/mol. The van der Waals surface area contributed by atoms with Crippen molar-refractivity contribution in [3.8, 4) is 16.9 Å². The van der Waals surface area contributed by atoms with E-state index in [4.69, 9.17) is 28.3 Å². The highest BCUT2D eigenvalue weighted by Crippen LogP contribution is 2.36. The van der Waals surface area contributed by atoms with Gasteiger partial charge in [0, 0.05) is 44.2 Å². The lowest BCUT2D eigenvalue weighted by molar-refractivity contribution is -0.110. The van der Waals surface area contributed by atoms with Crippen molar-refractivity contribution >= 4 is 46.4 Å². The molecule has 30 heavy (non-hydrogen) atoms. The Balaban J connectivity index is 1.70. The zero-order valence-corrected chi connectivity index (χ0v) is 17.2. The molecule has 4 aromatic rings. The van der Waals surface area contributed by atoms with E-state index in [1.165, 1.54) is 0 Å². The average Bonchev–Trinajstić information content (AvgIpc) is 3.30. The maximum Gasteiger partial charge on any atom is 0.256 e. The van der Waals surface area contributed by atoms with Gasteiger partial charge in [0.1, 0.15) is 5.69 Å². The Morgan fingerprint density at radius 1 is 0.900 bits per heavy atom. The van der Waals surface area contributed by atoms with Crippen LogP contribution in [0.1, 0.15) is 11.1 Å². The highest BCUT2D eigenvalue weighted by atomic mass is 35.5. The standard InChI is InChI=1S/C24H15Cl2N3O/c25-17-6-4-5-15(11-17)23-16(14-29(28-23)19-7-2-1-3-8-19)12-21-20-13-18(26)9-10-22(20)27-24(21)30/h1-14H,(H,27,30)/b21-12+. The number of amides is 1. The van der Waals surface area contributed by atoms with E-state index in [1.807, 2.05) is 72.9 Å². The molecule has 146 valence electrons. The first kappa shape index (κ1) is 18.7. The molecule has 1 aliphatic heterocycles. The fourth-order valence-electron chi connectivity index (χ4n) is 3.53. The summed E-state index contributed by atoms with van der Waals surface area (Å²) in [7, 11) is 0. The van der Waals surface area contributed by atoms with Crippen molar-refractivity contribution in [1.29, 1.82) is 0 Å². The second kappa shape index (κ2) is 7.48. The van der Waals surface area contributed by atoms with Crippen LogP contribution in [0.5, 0.6) is 0 Å². The van der Waals surface area contributed by atoms with Gasteiger partial charge in [-0.1, -0.05) is 53.5 Å². The summed E-state index contributed by atoms with van der Waals surface area (Å²) in [6, 6.07) is 22.7. The number of nitrogens with one attached hydrogen (secondary N) is 1. The largest absolute Gasteiger partial charge is 0.321 e. The van der Waals surface area contributed by atoms with Crippen molar-refractivity contribution in [3.05, 3.63) is 100 Å². The lowest BCUT2D eigenvalue weighted by atomic mass is 10.0. The zero-order chi connectivity index (χ0) is 20.7. The molecule has 0 bridgehead atoms. The van der Waals surface area contributed by atoms with Crippen LogP contribution in [0.15, 0.2) is 79.0 Å². The van der Waals surface area contributed by atoms with E-state index >= 15 is 0 Å². The van der Waals surface area contributed by atoms with Gasteiger partial charge >= 0.3 is 0 Å². The van der Waals surface area contributed by atoms with E-state index in [9.17, 15) is 4.79 Å². The summed E-state index contributed by atoms with van der Waals surface area (Å²) in [6.45, 7) is 0. The van der Waals surface area contributed by atoms with E-state index in [-0.39, 0.29) is 5.91 Å². The Labute approximate surface area is 183 Å². The first-order valence-electron chi connectivity index (χ1n) is 9.32. The summed E-state index contributed by atoms with van der Waals surface area (Å²) in [4.78, 5) is 12.7. The van der Waals surface area contributed by atoms with Gasteiger partial charge in [0.25, 0.3) is 5.91 Å². The quantitative estimate of drug-likeness (QED) is 0.384. The third-order valence-corrected chi connectivity index (χ3v) is 5.40. The molecule has 0 saturated carbocycles. The van der Waals surface area contributed by atoms with Crippen molar-refractivity contribution in [2.75, 3.05) is 5.32 Å². The molecule has 2 heterocycles. The molecular weight excluding hydrogens is 417 g/mol. The molecular formula is C24H15Cl2N3O. The van der Waals surface area contributed by atoms with Gasteiger partial charge in [-0.05, 0) is 48.5 Å². The molecule has 4 nitrogen and oxygen atoms in total. The molecule has 1 N–H and O–H groups in total. The molecule has 0 aliphatic carbocycles. The zero-order valence-electron chi connectivity index (χ0n) is 15.6. The van der Waals surface area contributed by atoms with Crippen molar-refractivity contribution in [2.45, 2.75) is 0 Å². The SMILES string of the molecule is O=C1Nc2ccc(Cl)cc2/C1=C\c1cn(-c2ccccc2)nc1-c1cccc(Cl)c1. The predicted octanol–water partition coefficient (Wildman–Crippen LogP) is 6.34. The molecule has 0 unspecified atom stereocenters. The number of benzene rings is 3. The number of carbonyl (C=O) groups is 1. The van der Waals surface area contributed by atoms with E-state index in [0.717, 1.165) is 33.8 Å². The van der Waals surface area contributed by atoms with Gasteiger partial charge in [-0.2, -0.15) is 5.10 Å². The Morgan fingerprint density at radius 3 is 2.50 bits per heavy atom. The minimum absolute atomic E-state index is 0.170. The van der Waals surface area contributed by atoms with Crippen LogP contribution in [-0.2, 0) is 4.79 Å². The monoisotopic (exact) mass is 431 g/mol. The second-order valence-corrected chi connectivity index (χ2v) is 7.80. The summed E-state index contributed by atoms with van der Waals surface area (Å²) in [5.74, 6) is -0.170. The van der Waals surface area contributed by atoms with E-state index in [2.05, 4.69) is 5.32 Å². The van der Waals surface area contributed by atoms with E-state index < -0.39 is 0 Å². The molecule has 1 aromatic heterocycles. The summed E-state index contributed by atoms with van der Waals surface area (Å²) >= 11 is 12.4. The number of hydrogen-bond donors (Lipinski definition) is 1. The third kappa shape index (κ3) is 3.41. The Bertz CT molecular complexity index is 1310. The van der Waals surface area contributed by atoms with Crippen LogP contribution < -0.4 is 5.32 Å². The van der Waals surface area contributed by atoms with Crippen LogP contribution in [0.3, 0.4) is 0 Å². The highest BCUT2D eigenvalue weighted by molar-refractivity contribution is 6.37. The van der Waals surface area contributed by atoms with Gasteiger partial charge in [0.05, 0.1) is 5.69 Å². The third-order valence-electron chi connectivity index (χ3n) is 4.93. The molecule has 5 rings (SSSR count). The average molecular weight is 432 g/mol. The molecule has 0 radical (unpaired) electrons. The fraction of sp³-hybridized carbons (Fsp3) is 0. The van der Waals surface area contributed by atoms with Crippen LogP contribution in [-0.4, -0.2) is 15.7 Å². The number of para-hydroxylation sites is 1. The maximum absolute atomic E-state index is 12.7. The molecule has 6 heteroatoms. The highest BCUT2D eigenvalue weighted by Gasteiger charge is 2.25. The maximum atomic E-state index is 12.7. The summed E-state index contributed by atoms with van der Waals surface area (Å²) in [5, 5.41) is 8.87. The molecule has 0 saturated heterocycles. The lowest BCUT2D eigenvalue weighted by Gasteiger charge is -2.02. The first-order valence-corrected chi connectivity index (χ1v) is 10.1. The molecule has 0 spiro atoms. The minimum Gasteiger partial charge on any atom is -0.321 e. The minimum atomic E-state index is -0.170. The van der Waals surface area contributed by atoms with Crippen molar-refractivity contribution in [3.63, 3.8) is 0 Å². The van der Waals surface area contributed by atoms with Gasteiger partial charge < -0.3 is 5.32 Å². The Hall–Kier alpha value is -3.34. The van der Waals surface area contributed by atoms with Gasteiger partial charge in [-0.3, -0.25) is 4.79 Å². The van der Waals surface area contributed by atoms with E-state index in [1.54, 1.807) is 16.8 Å². The molecule has 1 aliphatic rings. The van der Waals surface area contributed by atoms with Crippen LogP contribution in [0.2, 0.25) is 10.0 Å². The normalized spacial score (nSPS) is 14.1. The van der Waals surface area contributed by atoms with Gasteiger partial charge in [-0.15, -0.1) is 0 Å². The number of hydrogen-bond acceptors (Lipinski definition) is 2. The number of rotatable bonds is 3. The Morgan fingerprint density at radius 2 is 1.70 bits per heavy atom. The molecule has 0 atom stereocenters. The number of anilines is 1. The van der Waals surface area contributed by atoms with Crippen LogP contribution in [0, 0.1) is 0 Å². The molecule has 0 fully saturated rings. The number of halogens is 2. The van der Waals surface area contributed by atoms with Crippen LogP contribution >= 0.6 is 23.2 Å². The van der Waals surface area contributed by atoms with Gasteiger partial charge in [0.15, 0.2) is 0 Å². The smallest absolute Gasteiger partial charge is 0.256 e. The van der Waals surface area contributed by atoms with Gasteiger partial charge in [-0.25, -0.2) is 4.68 Å². The number of nitrogens with zero attached hydrogens (tertiary/aromatic N) is 2. The molecule has 3 aromatic carbocycles. The fourth-order valence-corrected chi connectivity index (χ4v) is 3.89. The second-order valence-electron chi connectivity index (χ2n) is 6.93. The topological polar surface area (TPSA) is 46.9 Å². The lowest BCUT2D eigenvalue weighted by Crippen LogP contribution is -2.03. The van der Waals surface area contributed by atoms with Crippen molar-refractivity contribution in [2.24, 2.45) is 0 Å². The van der Waals surface area contributed by atoms with E-state index in [0.29, 0.717) is 15.6 Å². The number of fused-ring (bicyclic) bond motifs is 1. The van der Waals surface area contributed by atoms with Crippen molar-refractivity contribution in [1.82, 2.24) is 9.78 Å².